The lowest BCUT2D eigenvalue weighted by Crippen LogP contribution is -2.37. The second kappa shape index (κ2) is 13.8. The van der Waals surface area contributed by atoms with Gasteiger partial charge in [0.2, 0.25) is 10.0 Å². The van der Waals surface area contributed by atoms with E-state index >= 15 is 0 Å². The van der Waals surface area contributed by atoms with Crippen molar-refractivity contribution in [1.82, 2.24) is 9.62 Å². The number of likely N-dealkylation sites (tertiary alicyclic amines) is 1. The van der Waals surface area contributed by atoms with Crippen LogP contribution in [0.15, 0.2) is 71.6 Å². The fourth-order valence-corrected chi connectivity index (χ4v) is 5.83. The van der Waals surface area contributed by atoms with Crippen LogP contribution in [0, 0.1) is 0 Å². The molecule has 2 atom stereocenters. The molecule has 0 radical (unpaired) electrons. The molecule has 0 aliphatic carbocycles. The number of benzene rings is 2. The SMILES string of the molecule is O=C(O)CCC/C=C\[C@@H]1C[C@@H](NS(=O)(=O)c2ccc(Cl)cc2)CN1CCCCCc1ccccc1. The van der Waals surface area contributed by atoms with Gasteiger partial charge < -0.3 is 5.11 Å². The molecule has 0 spiro atoms. The van der Waals surface area contributed by atoms with Crippen molar-refractivity contribution < 1.29 is 18.3 Å². The highest BCUT2D eigenvalue weighted by molar-refractivity contribution is 7.89. The van der Waals surface area contributed by atoms with E-state index in [1.54, 1.807) is 12.1 Å². The number of carboxylic acid groups (broad SMARTS) is 1. The number of rotatable bonds is 14. The van der Waals surface area contributed by atoms with Gasteiger partial charge in [-0.3, -0.25) is 9.69 Å². The highest BCUT2D eigenvalue weighted by atomic mass is 35.5. The molecule has 0 unspecified atom stereocenters. The molecule has 2 aromatic carbocycles. The summed E-state index contributed by atoms with van der Waals surface area (Å²) >= 11 is 5.90. The first-order valence-electron chi connectivity index (χ1n) is 12.3. The lowest BCUT2D eigenvalue weighted by molar-refractivity contribution is -0.137. The van der Waals surface area contributed by atoms with Crippen LogP contribution in [0.2, 0.25) is 5.02 Å². The topological polar surface area (TPSA) is 86.7 Å². The highest BCUT2D eigenvalue weighted by Gasteiger charge is 2.32. The van der Waals surface area contributed by atoms with Crippen molar-refractivity contribution in [2.75, 3.05) is 13.1 Å². The van der Waals surface area contributed by atoms with Crippen LogP contribution in [-0.4, -0.2) is 49.6 Å². The molecular weight excluding hydrogens is 484 g/mol. The molecule has 6 nitrogen and oxygen atoms in total. The molecule has 0 aromatic heterocycles. The van der Waals surface area contributed by atoms with Crippen molar-refractivity contribution in [2.45, 2.75) is 68.3 Å². The van der Waals surface area contributed by atoms with E-state index in [9.17, 15) is 13.2 Å². The predicted molar refractivity (Wildman–Crippen MR) is 140 cm³/mol. The number of sulfonamides is 1. The standard InChI is InChI=1S/C27H35ClN2O4S/c28-23-15-17-26(18-16-23)35(33,34)29-24-20-25(13-7-2-8-14-27(31)32)30(21-24)19-9-3-6-12-22-10-4-1-5-11-22/h1,4-5,7,10-11,13,15-18,24-25,29H,2-3,6,8-9,12,14,19-21H2,(H,31,32)/b13-7-/t24-,25-/m1/s1. The number of carbonyl (C=O) groups is 1. The van der Waals surface area contributed by atoms with Crippen LogP contribution in [0.3, 0.4) is 0 Å². The molecule has 1 saturated heterocycles. The Labute approximate surface area is 214 Å². The first kappa shape index (κ1) is 27.4. The molecule has 1 heterocycles. The molecule has 2 aromatic rings. The molecule has 0 amide bonds. The Bertz CT molecular complexity index is 1060. The van der Waals surface area contributed by atoms with Gasteiger partial charge in [-0.15, -0.1) is 0 Å². The van der Waals surface area contributed by atoms with Gasteiger partial charge in [0, 0.05) is 30.1 Å². The van der Waals surface area contributed by atoms with Crippen molar-refractivity contribution in [1.29, 1.82) is 0 Å². The lowest BCUT2D eigenvalue weighted by atomic mass is 10.1. The zero-order chi connectivity index (χ0) is 25.1. The maximum absolute atomic E-state index is 12.9. The average Bonchev–Trinajstić information content (AvgIpc) is 3.19. The number of hydrogen-bond acceptors (Lipinski definition) is 4. The number of halogens is 1. The monoisotopic (exact) mass is 518 g/mol. The zero-order valence-corrected chi connectivity index (χ0v) is 21.6. The summed E-state index contributed by atoms with van der Waals surface area (Å²) in [7, 11) is -3.63. The van der Waals surface area contributed by atoms with Crippen molar-refractivity contribution in [2.24, 2.45) is 0 Å². The van der Waals surface area contributed by atoms with E-state index in [2.05, 4.69) is 40.0 Å². The van der Waals surface area contributed by atoms with Gasteiger partial charge in [0.15, 0.2) is 0 Å². The largest absolute Gasteiger partial charge is 0.481 e. The smallest absolute Gasteiger partial charge is 0.303 e. The fourth-order valence-electron chi connectivity index (χ4n) is 4.47. The van der Waals surface area contributed by atoms with Crippen molar-refractivity contribution in [3.63, 3.8) is 0 Å². The Hall–Kier alpha value is -2.19. The van der Waals surface area contributed by atoms with E-state index in [1.807, 2.05) is 12.1 Å². The Morgan fingerprint density at radius 3 is 2.51 bits per heavy atom. The van der Waals surface area contributed by atoms with Gasteiger partial charge in [0.1, 0.15) is 0 Å². The minimum Gasteiger partial charge on any atom is -0.481 e. The summed E-state index contributed by atoms with van der Waals surface area (Å²) in [5.41, 5.74) is 1.35. The summed E-state index contributed by atoms with van der Waals surface area (Å²) in [6.07, 6.45) is 10.6. The minimum absolute atomic E-state index is 0.131. The second-order valence-electron chi connectivity index (χ2n) is 9.08. The number of nitrogens with zero attached hydrogens (tertiary/aromatic N) is 1. The van der Waals surface area contributed by atoms with E-state index in [1.165, 1.54) is 17.7 Å². The van der Waals surface area contributed by atoms with E-state index in [4.69, 9.17) is 16.7 Å². The third-order valence-electron chi connectivity index (χ3n) is 6.27. The Morgan fingerprint density at radius 2 is 1.80 bits per heavy atom. The van der Waals surface area contributed by atoms with Crippen LogP contribution in [0.5, 0.6) is 0 Å². The first-order valence-corrected chi connectivity index (χ1v) is 14.1. The molecule has 3 rings (SSSR count). The molecule has 35 heavy (non-hydrogen) atoms. The number of aryl methyl sites for hydroxylation is 1. The van der Waals surface area contributed by atoms with E-state index < -0.39 is 16.0 Å². The lowest BCUT2D eigenvalue weighted by Gasteiger charge is -2.21. The molecule has 1 aliphatic rings. The van der Waals surface area contributed by atoms with Gasteiger partial charge in [-0.25, -0.2) is 13.1 Å². The quantitative estimate of drug-likeness (QED) is 0.262. The molecule has 8 heteroatoms. The van der Waals surface area contributed by atoms with Crippen LogP contribution in [0.1, 0.15) is 50.5 Å². The number of nitrogens with one attached hydrogen (secondary N) is 1. The summed E-state index contributed by atoms with van der Waals surface area (Å²) < 4.78 is 28.6. The number of unbranched alkanes of at least 4 members (excludes halogenated alkanes) is 3. The van der Waals surface area contributed by atoms with Gasteiger partial charge in [-0.1, -0.05) is 60.5 Å². The summed E-state index contributed by atoms with van der Waals surface area (Å²) in [5.74, 6) is -0.784. The first-order chi connectivity index (χ1) is 16.8. The average molecular weight is 519 g/mol. The normalized spacial score (nSPS) is 18.9. The van der Waals surface area contributed by atoms with Gasteiger partial charge in [0.05, 0.1) is 4.90 Å². The van der Waals surface area contributed by atoms with Crippen LogP contribution in [0.25, 0.3) is 0 Å². The van der Waals surface area contributed by atoms with Gasteiger partial charge in [-0.05, 0) is 74.9 Å². The van der Waals surface area contributed by atoms with Gasteiger partial charge in [-0.2, -0.15) is 0 Å². The van der Waals surface area contributed by atoms with E-state index in [-0.39, 0.29) is 23.4 Å². The van der Waals surface area contributed by atoms with Gasteiger partial charge >= 0.3 is 5.97 Å². The molecular formula is C27H35ClN2O4S. The number of hydrogen-bond donors (Lipinski definition) is 2. The summed E-state index contributed by atoms with van der Waals surface area (Å²) in [6, 6.07) is 16.6. The van der Waals surface area contributed by atoms with Crippen molar-refractivity contribution in [3.05, 3.63) is 77.3 Å². The molecule has 190 valence electrons. The molecule has 1 fully saturated rings. The minimum atomic E-state index is -3.63. The molecule has 0 saturated carbocycles. The van der Waals surface area contributed by atoms with Crippen molar-refractivity contribution in [3.8, 4) is 0 Å². The van der Waals surface area contributed by atoms with Crippen LogP contribution in [-0.2, 0) is 21.2 Å². The van der Waals surface area contributed by atoms with Crippen LogP contribution in [0.4, 0.5) is 0 Å². The van der Waals surface area contributed by atoms with Crippen LogP contribution < -0.4 is 4.72 Å². The Morgan fingerprint density at radius 1 is 1.06 bits per heavy atom. The number of aliphatic carboxylic acids is 1. The Kier molecular flexibility index (Phi) is 10.8. The van der Waals surface area contributed by atoms with E-state index in [0.29, 0.717) is 30.8 Å². The molecule has 1 aliphatic heterocycles. The molecule has 0 bridgehead atoms. The van der Waals surface area contributed by atoms with Crippen LogP contribution >= 0.6 is 11.6 Å². The third-order valence-corrected chi connectivity index (χ3v) is 8.06. The zero-order valence-electron chi connectivity index (χ0n) is 20.0. The van der Waals surface area contributed by atoms with Crippen molar-refractivity contribution >= 4 is 27.6 Å². The highest BCUT2D eigenvalue weighted by Crippen LogP contribution is 2.23. The second-order valence-corrected chi connectivity index (χ2v) is 11.2. The summed E-state index contributed by atoms with van der Waals surface area (Å²) in [6.45, 7) is 1.55. The fraction of sp³-hybridized carbons (Fsp3) is 0.444. The predicted octanol–water partition coefficient (Wildman–Crippen LogP) is 5.29. The third kappa shape index (κ3) is 9.41. The number of allylic oxidation sites excluding steroid dienone is 1. The molecule has 2 N–H and O–H groups in total. The van der Waals surface area contributed by atoms with Gasteiger partial charge in [0.25, 0.3) is 0 Å². The summed E-state index contributed by atoms with van der Waals surface area (Å²) in [5, 5.41) is 9.32. The maximum atomic E-state index is 12.9. The Balaban J connectivity index is 1.54. The number of carboxylic acids is 1. The van der Waals surface area contributed by atoms with E-state index in [0.717, 1.165) is 32.2 Å². The summed E-state index contributed by atoms with van der Waals surface area (Å²) in [4.78, 5) is 13.3. The maximum Gasteiger partial charge on any atom is 0.303 e.